The van der Waals surface area contributed by atoms with Gasteiger partial charge in [0.1, 0.15) is 5.54 Å². The summed E-state index contributed by atoms with van der Waals surface area (Å²) in [4.78, 5) is 39.5. The fourth-order valence-electron chi connectivity index (χ4n) is 2.97. The molecule has 0 spiro atoms. The monoisotopic (exact) mass is 475 g/mol. The molecule has 29 heavy (non-hydrogen) atoms. The number of hydrogen-bond donors (Lipinski definition) is 2. The molecule has 1 aromatic heterocycles. The average Bonchev–Trinajstić information content (AvgIpc) is 3.09. The van der Waals surface area contributed by atoms with Gasteiger partial charge in [-0.05, 0) is 72.6 Å². The molecular formula is C21H22BrN3O3S. The summed E-state index contributed by atoms with van der Waals surface area (Å²) in [5.74, 6) is -0.578. The van der Waals surface area contributed by atoms with Crippen LogP contribution in [0, 0.1) is 6.92 Å². The molecule has 1 aliphatic rings. The van der Waals surface area contributed by atoms with Crippen LogP contribution in [0.1, 0.15) is 35.5 Å². The molecule has 6 nitrogen and oxygen atoms in total. The van der Waals surface area contributed by atoms with Crippen LogP contribution in [0.3, 0.4) is 0 Å². The van der Waals surface area contributed by atoms with E-state index in [1.165, 1.54) is 11.3 Å². The zero-order valence-corrected chi connectivity index (χ0v) is 18.8. The van der Waals surface area contributed by atoms with Gasteiger partial charge in [-0.3, -0.25) is 14.4 Å². The van der Waals surface area contributed by atoms with Gasteiger partial charge in [0.2, 0.25) is 11.8 Å². The molecule has 8 heteroatoms. The Hall–Kier alpha value is -2.45. The molecule has 2 heterocycles. The number of rotatable bonds is 5. The number of carbonyl (C=O) groups is 3. The van der Waals surface area contributed by atoms with E-state index in [0.717, 1.165) is 15.0 Å². The van der Waals surface area contributed by atoms with E-state index in [4.69, 9.17) is 0 Å². The topological polar surface area (TPSA) is 78.5 Å². The second kappa shape index (κ2) is 8.51. The van der Waals surface area contributed by atoms with E-state index in [9.17, 15) is 14.4 Å². The number of nitrogens with one attached hydrogen (secondary N) is 2. The quantitative estimate of drug-likeness (QED) is 0.634. The fourth-order valence-corrected chi connectivity index (χ4v) is 4.25. The van der Waals surface area contributed by atoms with Crippen LogP contribution in [0.2, 0.25) is 0 Å². The zero-order chi connectivity index (χ0) is 21.2. The maximum absolute atomic E-state index is 12.8. The summed E-state index contributed by atoms with van der Waals surface area (Å²) in [5, 5.41) is 5.62. The molecule has 0 atom stereocenters. The maximum Gasteiger partial charge on any atom is 0.262 e. The first-order valence-electron chi connectivity index (χ1n) is 9.13. The largest absolute Gasteiger partial charge is 0.337 e. The standard InChI is InChI=1S/C21H22BrN3O3S/c1-13-12-14(7-8-15(13)25-11-5-4-6-18(25)26)23-20(28)21(2,3)24-19(27)16-9-10-17(22)29-16/h4-5,7-10,12H,6,11H2,1-3H3,(H,23,28)(H,24,27). The third-order valence-corrected chi connectivity index (χ3v) is 6.21. The Morgan fingerprint density at radius 2 is 1.93 bits per heavy atom. The molecule has 0 bridgehead atoms. The van der Waals surface area contributed by atoms with Gasteiger partial charge in [0.15, 0.2) is 0 Å². The highest BCUT2D eigenvalue weighted by molar-refractivity contribution is 9.11. The number of amides is 3. The lowest BCUT2D eigenvalue weighted by Crippen LogP contribution is -2.52. The van der Waals surface area contributed by atoms with Crippen molar-refractivity contribution in [3.63, 3.8) is 0 Å². The number of anilines is 2. The van der Waals surface area contributed by atoms with Gasteiger partial charge in [-0.1, -0.05) is 12.2 Å². The van der Waals surface area contributed by atoms with Crippen LogP contribution in [-0.2, 0) is 9.59 Å². The van der Waals surface area contributed by atoms with Crippen LogP contribution in [0.15, 0.2) is 46.3 Å². The summed E-state index contributed by atoms with van der Waals surface area (Å²) in [7, 11) is 0. The van der Waals surface area contributed by atoms with E-state index in [1.54, 1.807) is 36.9 Å². The highest BCUT2D eigenvalue weighted by Crippen LogP contribution is 2.26. The van der Waals surface area contributed by atoms with E-state index < -0.39 is 5.54 Å². The highest BCUT2D eigenvalue weighted by atomic mass is 79.9. The Kier molecular flexibility index (Phi) is 6.24. The van der Waals surface area contributed by atoms with Crippen molar-refractivity contribution in [1.29, 1.82) is 0 Å². The molecule has 3 amide bonds. The number of thiophene rings is 1. The predicted octanol–water partition coefficient (Wildman–Crippen LogP) is 4.26. The average molecular weight is 476 g/mol. The molecule has 0 unspecified atom stereocenters. The first kappa shape index (κ1) is 21.3. The van der Waals surface area contributed by atoms with Gasteiger partial charge in [-0.2, -0.15) is 0 Å². The van der Waals surface area contributed by atoms with E-state index in [0.29, 0.717) is 23.5 Å². The minimum absolute atomic E-state index is 0.0523. The lowest BCUT2D eigenvalue weighted by atomic mass is 10.0. The normalized spacial score (nSPS) is 14.1. The minimum atomic E-state index is -1.10. The first-order valence-corrected chi connectivity index (χ1v) is 10.7. The number of nitrogens with zero attached hydrogens (tertiary/aromatic N) is 1. The van der Waals surface area contributed by atoms with Gasteiger partial charge in [0.25, 0.3) is 5.91 Å². The molecule has 1 aliphatic heterocycles. The summed E-state index contributed by atoms with van der Waals surface area (Å²) in [6.45, 7) is 5.76. The van der Waals surface area contributed by atoms with Gasteiger partial charge in [-0.25, -0.2) is 0 Å². The van der Waals surface area contributed by atoms with Crippen molar-refractivity contribution in [1.82, 2.24) is 5.32 Å². The summed E-state index contributed by atoms with van der Waals surface area (Å²) in [5.41, 5.74) is 1.22. The summed E-state index contributed by atoms with van der Waals surface area (Å²) >= 11 is 4.63. The number of benzene rings is 1. The van der Waals surface area contributed by atoms with Crippen LogP contribution in [-0.4, -0.2) is 29.8 Å². The van der Waals surface area contributed by atoms with Crippen molar-refractivity contribution in [3.05, 3.63) is 56.7 Å². The molecule has 0 saturated heterocycles. The van der Waals surface area contributed by atoms with Gasteiger partial charge in [-0.15, -0.1) is 11.3 Å². The highest BCUT2D eigenvalue weighted by Gasteiger charge is 2.30. The second-order valence-electron chi connectivity index (χ2n) is 7.32. The van der Waals surface area contributed by atoms with Gasteiger partial charge in [0.05, 0.1) is 8.66 Å². The molecule has 1 aromatic carbocycles. The molecule has 3 rings (SSSR count). The van der Waals surface area contributed by atoms with Crippen molar-refractivity contribution in [2.75, 3.05) is 16.8 Å². The van der Waals surface area contributed by atoms with Crippen molar-refractivity contribution < 1.29 is 14.4 Å². The van der Waals surface area contributed by atoms with Gasteiger partial charge < -0.3 is 15.5 Å². The van der Waals surface area contributed by atoms with Crippen molar-refractivity contribution in [3.8, 4) is 0 Å². The third kappa shape index (κ3) is 4.94. The summed E-state index contributed by atoms with van der Waals surface area (Å²) in [6, 6.07) is 8.92. The van der Waals surface area contributed by atoms with Gasteiger partial charge >= 0.3 is 0 Å². The molecule has 0 radical (unpaired) electrons. The summed E-state index contributed by atoms with van der Waals surface area (Å²) < 4.78 is 0.850. The Labute approximate surface area is 182 Å². The number of aryl methyl sites for hydroxylation is 1. The van der Waals surface area contributed by atoms with Crippen LogP contribution in [0.25, 0.3) is 0 Å². The molecule has 2 aromatic rings. The SMILES string of the molecule is Cc1cc(NC(=O)C(C)(C)NC(=O)c2ccc(Br)s2)ccc1N1CC=CCC1=O. The number of halogens is 1. The lowest BCUT2D eigenvalue weighted by molar-refractivity contribution is -0.121. The van der Waals surface area contributed by atoms with E-state index in [1.807, 2.05) is 31.2 Å². The smallest absolute Gasteiger partial charge is 0.262 e. The Morgan fingerprint density at radius 3 is 2.55 bits per heavy atom. The van der Waals surface area contributed by atoms with Crippen LogP contribution in [0.5, 0.6) is 0 Å². The predicted molar refractivity (Wildman–Crippen MR) is 119 cm³/mol. The number of carbonyl (C=O) groups excluding carboxylic acids is 3. The first-order chi connectivity index (χ1) is 13.7. The molecule has 0 aliphatic carbocycles. The molecule has 152 valence electrons. The van der Waals surface area contributed by atoms with Crippen molar-refractivity contribution in [2.45, 2.75) is 32.7 Å². The molecule has 0 fully saturated rings. The zero-order valence-electron chi connectivity index (χ0n) is 16.4. The molecule has 0 saturated carbocycles. The summed E-state index contributed by atoms with van der Waals surface area (Å²) in [6.07, 6.45) is 4.23. The van der Waals surface area contributed by atoms with E-state index >= 15 is 0 Å². The van der Waals surface area contributed by atoms with E-state index in [2.05, 4.69) is 26.6 Å². The number of hydrogen-bond acceptors (Lipinski definition) is 4. The minimum Gasteiger partial charge on any atom is -0.337 e. The molecule has 2 N–H and O–H groups in total. The van der Waals surface area contributed by atoms with E-state index in [-0.39, 0.29) is 17.7 Å². The van der Waals surface area contributed by atoms with Crippen LogP contribution in [0.4, 0.5) is 11.4 Å². The Bertz CT molecular complexity index is 997. The van der Waals surface area contributed by atoms with Crippen LogP contribution < -0.4 is 15.5 Å². The fraction of sp³-hybridized carbons (Fsp3) is 0.286. The third-order valence-electron chi connectivity index (χ3n) is 4.58. The Morgan fingerprint density at radius 1 is 1.17 bits per heavy atom. The lowest BCUT2D eigenvalue weighted by Gasteiger charge is -2.27. The Balaban J connectivity index is 1.69. The van der Waals surface area contributed by atoms with Crippen molar-refractivity contribution >= 4 is 56.4 Å². The van der Waals surface area contributed by atoms with Crippen molar-refractivity contribution in [2.24, 2.45) is 0 Å². The van der Waals surface area contributed by atoms with Gasteiger partial charge in [0, 0.05) is 24.3 Å². The second-order valence-corrected chi connectivity index (χ2v) is 9.78. The van der Waals surface area contributed by atoms with Crippen LogP contribution >= 0.6 is 27.3 Å². The maximum atomic E-state index is 12.8. The molecular weight excluding hydrogens is 454 g/mol.